The molecule has 0 radical (unpaired) electrons. The molecule has 1 unspecified atom stereocenters. The number of hydrogen-bond acceptors (Lipinski definition) is 6. The van der Waals surface area contributed by atoms with Gasteiger partial charge >= 0.3 is 5.92 Å². The van der Waals surface area contributed by atoms with Gasteiger partial charge in [0.25, 0.3) is 5.91 Å². The summed E-state index contributed by atoms with van der Waals surface area (Å²) < 4.78 is 55.0. The number of carbonyl (C=O) groups excluding carboxylic acids is 1. The van der Waals surface area contributed by atoms with Gasteiger partial charge in [0.05, 0.1) is 0 Å². The number of rotatable bonds is 7. The van der Waals surface area contributed by atoms with Crippen molar-refractivity contribution in [3.8, 4) is 11.6 Å². The molecule has 1 N–H and O–H groups in total. The number of carbonyl (C=O) groups is 1. The maximum Gasteiger partial charge on any atom is 0.303 e. The average molecular weight is 411 g/mol. The Hall–Kier alpha value is -2.88. The van der Waals surface area contributed by atoms with E-state index < -0.39 is 33.5 Å². The summed E-state index contributed by atoms with van der Waals surface area (Å²) in [5.41, 5.74) is -0.170. The molecule has 2 rings (SSSR count). The van der Waals surface area contributed by atoms with E-state index in [0.29, 0.717) is 12.7 Å². The van der Waals surface area contributed by atoms with Crippen molar-refractivity contribution in [3.63, 3.8) is 0 Å². The van der Waals surface area contributed by atoms with E-state index in [9.17, 15) is 22.0 Å². The van der Waals surface area contributed by atoms with Crippen molar-refractivity contribution in [2.75, 3.05) is 6.26 Å². The van der Waals surface area contributed by atoms with Crippen molar-refractivity contribution < 1.29 is 26.7 Å². The normalized spacial score (nSPS) is 13.3. The quantitative estimate of drug-likeness (QED) is 0.752. The van der Waals surface area contributed by atoms with Gasteiger partial charge in [0, 0.05) is 30.8 Å². The second-order valence-electron chi connectivity index (χ2n) is 6.14. The van der Waals surface area contributed by atoms with Crippen LogP contribution in [-0.4, -0.2) is 36.6 Å². The van der Waals surface area contributed by atoms with Crippen LogP contribution >= 0.6 is 0 Å². The third kappa shape index (κ3) is 6.38. The first kappa shape index (κ1) is 21.4. The van der Waals surface area contributed by atoms with E-state index in [1.54, 1.807) is 37.3 Å². The Morgan fingerprint density at radius 3 is 2.50 bits per heavy atom. The molecule has 0 spiro atoms. The molecule has 0 aliphatic heterocycles. The van der Waals surface area contributed by atoms with Gasteiger partial charge in [-0.15, -0.1) is 0 Å². The zero-order valence-electron chi connectivity index (χ0n) is 15.4. The monoisotopic (exact) mass is 411 g/mol. The molecular weight excluding hydrogens is 392 g/mol. The summed E-state index contributed by atoms with van der Waals surface area (Å²) in [5, 5.41) is 3.47. The molecule has 0 aliphatic carbocycles. The number of sulfone groups is 1. The lowest BCUT2D eigenvalue weighted by Gasteiger charge is -2.15. The summed E-state index contributed by atoms with van der Waals surface area (Å²) in [6.07, 6.45) is 3.24. The van der Waals surface area contributed by atoms with Crippen LogP contribution in [-0.2, 0) is 15.8 Å². The van der Waals surface area contributed by atoms with Crippen molar-refractivity contribution in [2.45, 2.75) is 25.8 Å². The summed E-state index contributed by atoms with van der Waals surface area (Å²) in [6.45, 7) is 2.18. The van der Waals surface area contributed by atoms with Crippen molar-refractivity contribution in [2.24, 2.45) is 0 Å². The predicted octanol–water partition coefficient (Wildman–Crippen LogP) is 3.06. The fraction of sp³-hybridized carbons (Fsp3) is 0.278. The van der Waals surface area contributed by atoms with Gasteiger partial charge in [-0.3, -0.25) is 4.79 Å². The number of ether oxygens (including phenoxy) is 1. The van der Waals surface area contributed by atoms with E-state index in [2.05, 4.69) is 15.3 Å². The van der Waals surface area contributed by atoms with Crippen molar-refractivity contribution in [3.05, 3.63) is 59.4 Å². The topological polar surface area (TPSA) is 98.2 Å². The predicted molar refractivity (Wildman–Crippen MR) is 99.0 cm³/mol. The van der Waals surface area contributed by atoms with E-state index in [1.807, 2.05) is 0 Å². The first-order valence-electron chi connectivity index (χ1n) is 8.13. The van der Waals surface area contributed by atoms with E-state index in [-0.39, 0.29) is 11.4 Å². The van der Waals surface area contributed by atoms with Gasteiger partial charge in [0.2, 0.25) is 11.7 Å². The first-order valence-corrected chi connectivity index (χ1v) is 10.1. The minimum Gasteiger partial charge on any atom is -0.438 e. The zero-order valence-corrected chi connectivity index (χ0v) is 16.2. The molecule has 0 aliphatic rings. The van der Waals surface area contributed by atoms with Gasteiger partial charge in [-0.2, -0.15) is 13.8 Å². The molecule has 28 heavy (non-hydrogen) atoms. The maximum atomic E-state index is 13.6. The minimum atomic E-state index is -3.36. The molecule has 1 atom stereocenters. The Morgan fingerprint density at radius 2 is 1.93 bits per heavy atom. The van der Waals surface area contributed by atoms with E-state index in [0.717, 1.165) is 17.9 Å². The highest BCUT2D eigenvalue weighted by molar-refractivity contribution is 7.93. The molecule has 1 amide bonds. The Morgan fingerprint density at radius 1 is 1.29 bits per heavy atom. The average Bonchev–Trinajstić information content (AvgIpc) is 2.59. The van der Waals surface area contributed by atoms with Gasteiger partial charge in [0.15, 0.2) is 9.84 Å². The number of halogens is 2. The zero-order chi connectivity index (χ0) is 20.9. The molecule has 2 aromatic rings. The number of benzene rings is 1. The summed E-state index contributed by atoms with van der Waals surface area (Å²) in [4.78, 5) is 19.8. The number of nitrogens with zero attached hydrogens (tertiary/aromatic N) is 2. The molecule has 10 heteroatoms. The molecule has 0 fully saturated rings. The number of alkyl halides is 2. The van der Waals surface area contributed by atoms with Crippen LogP contribution in [0.4, 0.5) is 8.78 Å². The number of nitrogens with one attached hydrogen (secondary N) is 1. The fourth-order valence-electron chi connectivity index (χ4n) is 2.00. The van der Waals surface area contributed by atoms with Crippen molar-refractivity contribution in [1.82, 2.24) is 15.3 Å². The molecule has 1 aromatic heterocycles. The third-order valence-corrected chi connectivity index (χ3v) is 3.97. The third-order valence-electron chi connectivity index (χ3n) is 3.32. The second kappa shape index (κ2) is 8.42. The molecule has 0 bridgehead atoms. The van der Waals surface area contributed by atoms with E-state index in [1.165, 1.54) is 6.08 Å². The van der Waals surface area contributed by atoms with Gasteiger partial charge in [-0.05, 0) is 19.1 Å². The largest absolute Gasteiger partial charge is 0.438 e. The molecular formula is C18H19F2N3O4S. The highest BCUT2D eigenvalue weighted by Crippen LogP contribution is 2.28. The van der Waals surface area contributed by atoms with Crippen LogP contribution in [0.2, 0.25) is 0 Å². The lowest BCUT2D eigenvalue weighted by Crippen LogP contribution is -2.32. The van der Waals surface area contributed by atoms with Crippen LogP contribution in [0.5, 0.6) is 11.6 Å². The smallest absolute Gasteiger partial charge is 0.303 e. The Balaban J connectivity index is 2.33. The van der Waals surface area contributed by atoms with Gasteiger partial charge < -0.3 is 10.1 Å². The van der Waals surface area contributed by atoms with Crippen LogP contribution in [0.15, 0.2) is 48.0 Å². The molecule has 0 saturated heterocycles. The Bertz CT molecular complexity index is 974. The van der Waals surface area contributed by atoms with Gasteiger partial charge in [-0.25, -0.2) is 13.4 Å². The van der Waals surface area contributed by atoms with Crippen LogP contribution in [0.1, 0.15) is 30.0 Å². The van der Waals surface area contributed by atoms with Crippen molar-refractivity contribution in [1.29, 1.82) is 0 Å². The summed E-state index contributed by atoms with van der Waals surface area (Å²) in [6, 6.07) is 7.57. The number of para-hydroxylation sites is 1. The van der Waals surface area contributed by atoms with Crippen LogP contribution in [0.3, 0.4) is 0 Å². The Labute approximate surface area is 161 Å². The summed E-state index contributed by atoms with van der Waals surface area (Å²) >= 11 is 0. The SMILES string of the molecule is CC(/C=C/S(C)(=O)=O)NC(=O)c1cnc(C(C)(F)F)nc1Oc1ccccc1. The lowest BCUT2D eigenvalue weighted by atomic mass is 10.2. The van der Waals surface area contributed by atoms with Crippen LogP contribution in [0, 0.1) is 0 Å². The minimum absolute atomic E-state index is 0.170. The molecule has 1 heterocycles. The number of hydrogen-bond donors (Lipinski definition) is 1. The highest BCUT2D eigenvalue weighted by Gasteiger charge is 2.30. The molecule has 0 saturated carbocycles. The molecule has 1 aromatic carbocycles. The van der Waals surface area contributed by atoms with Gasteiger partial charge in [-0.1, -0.05) is 24.3 Å². The second-order valence-corrected chi connectivity index (χ2v) is 8.07. The van der Waals surface area contributed by atoms with E-state index >= 15 is 0 Å². The summed E-state index contributed by atoms with van der Waals surface area (Å²) in [5.74, 6) is -4.86. The highest BCUT2D eigenvalue weighted by atomic mass is 32.2. The van der Waals surface area contributed by atoms with Crippen LogP contribution < -0.4 is 10.1 Å². The lowest BCUT2D eigenvalue weighted by molar-refractivity contribution is 0.00707. The fourth-order valence-corrected chi connectivity index (χ4v) is 2.53. The maximum absolute atomic E-state index is 13.6. The standard InChI is InChI=1S/C18H19F2N3O4S/c1-12(9-10-28(3,25)26)22-15(24)14-11-21-17(18(2,19)20)23-16(14)27-13-7-5-4-6-8-13/h4-12H,1-3H3,(H,22,24)/b10-9+. The molecule has 150 valence electrons. The molecule has 7 nitrogen and oxygen atoms in total. The summed E-state index contributed by atoms with van der Waals surface area (Å²) in [7, 11) is -3.36. The van der Waals surface area contributed by atoms with Crippen LogP contribution in [0.25, 0.3) is 0 Å². The van der Waals surface area contributed by atoms with E-state index in [4.69, 9.17) is 4.74 Å². The number of aromatic nitrogens is 2. The first-order chi connectivity index (χ1) is 13.0. The van der Waals surface area contributed by atoms with Crippen molar-refractivity contribution >= 4 is 15.7 Å². The van der Waals surface area contributed by atoms with Gasteiger partial charge in [0.1, 0.15) is 11.3 Å². The Kier molecular flexibility index (Phi) is 6.45. The number of amides is 1.